The lowest BCUT2D eigenvalue weighted by molar-refractivity contribution is -0.121. The van der Waals surface area contributed by atoms with Crippen LogP contribution < -0.4 is 14.8 Å². The zero-order chi connectivity index (χ0) is 52.4. The molecule has 6 aromatic rings. The number of carbonyl (C=O) groups is 1. The number of aromatic hydroxyl groups is 1. The van der Waals surface area contributed by atoms with Gasteiger partial charge in [0.25, 0.3) is 0 Å². The quantitative estimate of drug-likeness (QED) is 0.0313. The number of hydrogen-bond donors (Lipinski definition) is 6. The first-order valence-corrected chi connectivity index (χ1v) is 26.5. The molecular weight excluding hydrogens is 939 g/mol. The van der Waals surface area contributed by atoms with Gasteiger partial charge in [0.2, 0.25) is 0 Å². The molecule has 2 aliphatic carbocycles. The molecule has 0 fully saturated rings. The summed E-state index contributed by atoms with van der Waals surface area (Å²) in [6, 6.07) is 37.5. The molecule has 2 aliphatic heterocycles. The monoisotopic (exact) mass is 1010 g/mol. The summed E-state index contributed by atoms with van der Waals surface area (Å²) in [6.07, 6.45) is 15.7. The molecule has 0 spiro atoms. The molecule has 0 saturated heterocycles. The summed E-state index contributed by atoms with van der Waals surface area (Å²) < 4.78 is 18.8. The Kier molecular flexibility index (Phi) is 17.1. The van der Waals surface area contributed by atoms with Crippen LogP contribution in [-0.4, -0.2) is 56.7 Å². The van der Waals surface area contributed by atoms with Gasteiger partial charge < -0.3 is 45.1 Å². The first-order valence-electron chi connectivity index (χ1n) is 26.5. The number of ketones is 1. The molecule has 6 aromatic carbocycles. The number of ether oxygens (including phenoxy) is 3. The zero-order valence-corrected chi connectivity index (χ0v) is 43.1. The van der Waals surface area contributed by atoms with Crippen LogP contribution in [0, 0.1) is 23.9 Å². The van der Waals surface area contributed by atoms with Crippen molar-refractivity contribution in [3.63, 3.8) is 0 Å². The van der Waals surface area contributed by atoms with Crippen molar-refractivity contribution < 1.29 is 44.5 Å². The number of carbonyl (C=O) groups excluding carboxylic acids is 1. The summed E-state index contributed by atoms with van der Waals surface area (Å²) in [5.74, 6) is 3.84. The van der Waals surface area contributed by atoms with E-state index in [1.54, 1.807) is 25.3 Å². The number of Topliss-reactive ketones (excluding diaryl/α,β-unsaturated/α-hetero) is 1. The average Bonchev–Trinajstić information content (AvgIpc) is 3.40. The van der Waals surface area contributed by atoms with Crippen LogP contribution in [0.2, 0.25) is 0 Å². The lowest BCUT2D eigenvalue weighted by Crippen LogP contribution is -2.33. The number of benzene rings is 6. The van der Waals surface area contributed by atoms with Gasteiger partial charge in [-0.1, -0.05) is 116 Å². The molecule has 10 nitrogen and oxygen atoms in total. The Morgan fingerprint density at radius 3 is 2.36 bits per heavy atom. The van der Waals surface area contributed by atoms with E-state index in [2.05, 4.69) is 60.7 Å². The molecular formula is C65H69NO9. The summed E-state index contributed by atoms with van der Waals surface area (Å²) in [4.78, 5) is 14.1. The number of fused-ring (bicyclic) bond motifs is 9. The number of allylic oxidation sites excluding steroid dienone is 4. The van der Waals surface area contributed by atoms with Crippen molar-refractivity contribution in [1.82, 2.24) is 0 Å². The number of unbranched alkanes of at least 4 members (excludes halogenated alkanes) is 1. The van der Waals surface area contributed by atoms with Gasteiger partial charge in [-0.05, 0) is 156 Å². The van der Waals surface area contributed by atoms with Crippen LogP contribution in [0.3, 0.4) is 0 Å². The summed E-state index contributed by atoms with van der Waals surface area (Å²) >= 11 is 0. The molecule has 75 heavy (non-hydrogen) atoms. The number of phenolic OH excluding ortho intramolecular Hbond substituents is 1. The molecule has 388 valence electrons. The lowest BCUT2D eigenvalue weighted by atomic mass is 9.78. The highest BCUT2D eigenvalue weighted by Crippen LogP contribution is 2.47. The molecule has 0 unspecified atom stereocenters. The number of aliphatic hydroxyl groups excluding tert-OH is 3. The first-order chi connectivity index (χ1) is 36.4. The van der Waals surface area contributed by atoms with Gasteiger partial charge in [-0.15, -0.1) is 0 Å². The Balaban J connectivity index is 0.999. The van der Waals surface area contributed by atoms with Crippen LogP contribution in [0.1, 0.15) is 121 Å². The Hall–Kier alpha value is -7.29. The van der Waals surface area contributed by atoms with E-state index in [9.17, 15) is 30.3 Å². The maximum absolute atomic E-state index is 14.1. The van der Waals surface area contributed by atoms with E-state index >= 15 is 0 Å². The normalized spacial score (nSPS) is 20.2. The van der Waals surface area contributed by atoms with Gasteiger partial charge in [-0.2, -0.15) is 0 Å². The van der Waals surface area contributed by atoms with Crippen LogP contribution in [0.4, 0.5) is 5.69 Å². The molecule has 0 amide bonds. The minimum absolute atomic E-state index is 0.00417. The molecule has 10 heteroatoms. The minimum Gasteiger partial charge on any atom is -0.508 e. The van der Waals surface area contributed by atoms with Gasteiger partial charge in [0.05, 0.1) is 25.2 Å². The predicted molar refractivity (Wildman–Crippen MR) is 296 cm³/mol. The van der Waals surface area contributed by atoms with E-state index in [1.165, 1.54) is 5.56 Å². The van der Waals surface area contributed by atoms with Gasteiger partial charge >= 0.3 is 0 Å². The largest absolute Gasteiger partial charge is 0.508 e. The second-order valence-electron chi connectivity index (χ2n) is 20.6. The Morgan fingerprint density at radius 2 is 1.60 bits per heavy atom. The van der Waals surface area contributed by atoms with Crippen LogP contribution in [-0.2, 0) is 41.8 Å². The molecule has 4 aliphatic rings. The van der Waals surface area contributed by atoms with Crippen LogP contribution in [0.5, 0.6) is 17.2 Å². The Bertz CT molecular complexity index is 3110. The highest BCUT2D eigenvalue weighted by atomic mass is 16.5. The van der Waals surface area contributed by atoms with E-state index < -0.39 is 24.4 Å². The molecule has 7 atom stereocenters. The van der Waals surface area contributed by atoms with Crippen molar-refractivity contribution in [2.24, 2.45) is 11.8 Å². The van der Waals surface area contributed by atoms with Crippen LogP contribution in [0.15, 0.2) is 145 Å². The van der Waals surface area contributed by atoms with Crippen molar-refractivity contribution >= 4 is 28.3 Å². The number of aliphatic hydroxyl groups is 4. The molecule has 0 radical (unpaired) electrons. The number of methoxy groups -OCH3 is 1. The standard InChI is InChI=1S/C65H69NO9/c1-41-21-27-54-58-40-75-62-34-46(23-28-61(62)73-3)22-25-52(69)37-53(74-30-29-48(31-43-13-6-4-7-14-43)63-57(38-56(58)65(71)72)64(54)55(41)39-60(63)70)36-49-35-51(68)26-24-47(49)19-11-10-17-44-18-12-20-50(32-44)66-59(42(2)67)33-45-15-8-5-9-16-45/h4-9,12-16,18,20-21,23-24,26-28,32,34-35,38-39,41-42,47-49,53,59,65-68,70-72H,10-11,17,19,22,25,31,33,36-37,40H2,1-3H3/t41-,42+,47-,48-,49+,53+,59-/m1/s1. The maximum atomic E-state index is 14.1. The number of phenols is 1. The van der Waals surface area contributed by atoms with Gasteiger partial charge in [-0.25, -0.2) is 0 Å². The van der Waals surface area contributed by atoms with Crippen molar-refractivity contribution in [2.75, 3.05) is 12.4 Å². The number of rotatable bonds is 16. The van der Waals surface area contributed by atoms with Gasteiger partial charge in [0.1, 0.15) is 36.1 Å². The summed E-state index contributed by atoms with van der Waals surface area (Å²) in [5.41, 5.74) is 8.23. The van der Waals surface area contributed by atoms with Crippen molar-refractivity contribution in [1.29, 1.82) is 0 Å². The molecule has 6 bridgehead atoms. The maximum Gasteiger partial charge on any atom is 0.178 e. The third kappa shape index (κ3) is 13.0. The fourth-order valence-electron chi connectivity index (χ4n) is 11.2. The van der Waals surface area contributed by atoms with Crippen molar-refractivity contribution in [3.05, 3.63) is 195 Å². The molecule has 0 aromatic heterocycles. The van der Waals surface area contributed by atoms with Crippen LogP contribution in [0.25, 0.3) is 16.8 Å². The Morgan fingerprint density at radius 1 is 0.827 bits per heavy atom. The van der Waals surface area contributed by atoms with E-state index in [-0.39, 0.29) is 66.1 Å². The SMILES string of the molecule is COc1ccc2cc1OCc1c(C(O)O)cc3c(c(O)cc4c3c1C=C[C@H]4C)[C@@H](Cc1ccccc1)C#CO[C@@H](C[C@@H]1C=C(O)C=C[C@H]1CCCCc1cccc(N[C@H](Cc3ccccc3)[C@H](C)O)c1)CC(=O)CC2. The van der Waals surface area contributed by atoms with Crippen molar-refractivity contribution in [2.45, 2.75) is 121 Å². The fraction of sp³-hybridized carbons (Fsp3) is 0.338. The summed E-state index contributed by atoms with van der Waals surface area (Å²) in [5, 5.41) is 60.8. The number of anilines is 1. The fourth-order valence-corrected chi connectivity index (χ4v) is 11.2. The number of aryl methyl sites for hydroxylation is 2. The molecule has 2 heterocycles. The van der Waals surface area contributed by atoms with Crippen LogP contribution >= 0.6 is 0 Å². The summed E-state index contributed by atoms with van der Waals surface area (Å²) in [7, 11) is 1.57. The number of nitrogens with one attached hydrogen (secondary N) is 1. The highest BCUT2D eigenvalue weighted by molar-refractivity contribution is 6.01. The third-order valence-corrected chi connectivity index (χ3v) is 15.2. The number of hydrogen-bond acceptors (Lipinski definition) is 10. The topological polar surface area (TPSA) is 158 Å². The van der Waals surface area contributed by atoms with Gasteiger partial charge in [0.15, 0.2) is 17.8 Å². The van der Waals surface area contributed by atoms with Gasteiger partial charge in [0, 0.05) is 41.1 Å². The van der Waals surface area contributed by atoms with E-state index in [0.717, 1.165) is 64.6 Å². The lowest BCUT2D eigenvalue weighted by Gasteiger charge is -2.28. The molecule has 6 N–H and O–H groups in total. The van der Waals surface area contributed by atoms with Gasteiger partial charge in [-0.3, -0.25) is 4.79 Å². The zero-order valence-electron chi connectivity index (χ0n) is 43.1. The van der Waals surface area contributed by atoms with E-state index in [1.807, 2.05) is 97.9 Å². The third-order valence-electron chi connectivity index (χ3n) is 15.2. The molecule has 10 rings (SSSR count). The van der Waals surface area contributed by atoms with Crippen molar-refractivity contribution in [3.8, 4) is 29.3 Å². The highest BCUT2D eigenvalue weighted by Gasteiger charge is 2.30. The first kappa shape index (κ1) is 52.6. The van der Waals surface area contributed by atoms with E-state index in [0.29, 0.717) is 53.7 Å². The predicted octanol–water partition coefficient (Wildman–Crippen LogP) is 12.3. The second kappa shape index (κ2) is 24.4. The Labute approximate surface area is 441 Å². The second-order valence-corrected chi connectivity index (χ2v) is 20.6. The average molecular weight is 1010 g/mol. The molecule has 0 saturated carbocycles. The smallest absolute Gasteiger partial charge is 0.178 e. The summed E-state index contributed by atoms with van der Waals surface area (Å²) in [6.45, 7) is 3.88. The van der Waals surface area contributed by atoms with E-state index in [4.69, 9.17) is 14.2 Å². The minimum atomic E-state index is -1.86.